The highest BCUT2D eigenvalue weighted by Gasteiger charge is 2.45. The maximum absolute atomic E-state index is 12.4. The normalized spacial score (nSPS) is 16.8. The van der Waals surface area contributed by atoms with Gasteiger partial charge in [0, 0.05) is 12.6 Å². The van der Waals surface area contributed by atoms with Crippen molar-refractivity contribution < 1.29 is 18.3 Å². The fourth-order valence-corrected chi connectivity index (χ4v) is 3.68. The fourth-order valence-electron chi connectivity index (χ4n) is 1.95. The molecule has 0 heterocycles. The van der Waals surface area contributed by atoms with Gasteiger partial charge in [-0.1, -0.05) is 6.07 Å². The number of aryl methyl sites for hydroxylation is 1. The lowest BCUT2D eigenvalue weighted by atomic mass is 10.2. The van der Waals surface area contributed by atoms with Gasteiger partial charge in [0.05, 0.1) is 17.0 Å². The molecule has 1 aromatic carbocycles. The van der Waals surface area contributed by atoms with Gasteiger partial charge in [-0.3, -0.25) is 4.79 Å². The van der Waals surface area contributed by atoms with Crippen molar-refractivity contribution in [1.29, 1.82) is 0 Å². The third-order valence-corrected chi connectivity index (χ3v) is 5.03. The monoisotopic (exact) mass is 298 g/mol. The molecule has 1 aromatic rings. The molecule has 0 saturated heterocycles. The predicted octanol–water partition coefficient (Wildman–Crippen LogP) is 0.757. The summed E-state index contributed by atoms with van der Waals surface area (Å²) in [5.41, 5.74) is 0.299. The van der Waals surface area contributed by atoms with Gasteiger partial charge in [-0.15, -0.1) is 0 Å². The Morgan fingerprint density at radius 1 is 1.40 bits per heavy atom. The van der Waals surface area contributed by atoms with E-state index in [4.69, 9.17) is 0 Å². The van der Waals surface area contributed by atoms with E-state index in [1.807, 2.05) is 0 Å². The number of hydrogen-bond acceptors (Lipinski definition) is 4. The number of rotatable bonds is 5. The maximum Gasteiger partial charge on any atom is 0.241 e. The number of aliphatic hydroxyl groups is 1. The van der Waals surface area contributed by atoms with Gasteiger partial charge < -0.3 is 10.4 Å². The number of anilines is 1. The second-order valence-corrected chi connectivity index (χ2v) is 6.86. The van der Waals surface area contributed by atoms with Crippen LogP contribution < -0.4 is 10.0 Å². The van der Waals surface area contributed by atoms with Gasteiger partial charge in [0.25, 0.3) is 0 Å². The van der Waals surface area contributed by atoms with E-state index in [2.05, 4.69) is 10.0 Å². The first-order valence-corrected chi connectivity index (χ1v) is 7.79. The van der Waals surface area contributed by atoms with Crippen LogP contribution in [0.15, 0.2) is 23.1 Å². The molecule has 0 aromatic heterocycles. The zero-order valence-corrected chi connectivity index (χ0v) is 12.3. The van der Waals surface area contributed by atoms with Crippen LogP contribution in [0.1, 0.15) is 25.3 Å². The van der Waals surface area contributed by atoms with Crippen LogP contribution in [0, 0.1) is 6.92 Å². The molecule has 0 spiro atoms. The fraction of sp³-hybridized carbons (Fsp3) is 0.462. The summed E-state index contributed by atoms with van der Waals surface area (Å²) in [6, 6.07) is 4.71. The van der Waals surface area contributed by atoms with Crippen molar-refractivity contribution in [2.24, 2.45) is 0 Å². The molecule has 0 unspecified atom stereocenters. The maximum atomic E-state index is 12.4. The van der Waals surface area contributed by atoms with E-state index in [1.165, 1.54) is 13.0 Å². The Morgan fingerprint density at radius 2 is 2.05 bits per heavy atom. The number of nitrogens with one attached hydrogen (secondary N) is 2. The molecule has 0 radical (unpaired) electrons. The summed E-state index contributed by atoms with van der Waals surface area (Å²) in [4.78, 5) is 11.1. The van der Waals surface area contributed by atoms with E-state index in [0.29, 0.717) is 24.1 Å². The zero-order valence-electron chi connectivity index (χ0n) is 11.4. The van der Waals surface area contributed by atoms with Crippen LogP contribution in [0.5, 0.6) is 0 Å². The summed E-state index contributed by atoms with van der Waals surface area (Å²) >= 11 is 0. The van der Waals surface area contributed by atoms with Crippen LogP contribution in [0.25, 0.3) is 0 Å². The second kappa shape index (κ2) is 5.16. The number of benzene rings is 1. The SMILES string of the molecule is CC(=O)Nc1ccc(C)c(S(=O)(=O)NC2(CO)CC2)c1. The summed E-state index contributed by atoms with van der Waals surface area (Å²) in [6.07, 6.45) is 1.26. The number of aliphatic hydroxyl groups excluding tert-OH is 1. The molecule has 110 valence electrons. The van der Waals surface area contributed by atoms with Crippen molar-refractivity contribution in [2.75, 3.05) is 11.9 Å². The van der Waals surface area contributed by atoms with Crippen molar-refractivity contribution in [3.63, 3.8) is 0 Å². The van der Waals surface area contributed by atoms with E-state index >= 15 is 0 Å². The molecule has 7 heteroatoms. The van der Waals surface area contributed by atoms with Gasteiger partial charge >= 0.3 is 0 Å². The molecule has 1 aliphatic rings. The first kappa shape index (κ1) is 15.0. The Hall–Kier alpha value is -1.44. The smallest absolute Gasteiger partial charge is 0.241 e. The lowest BCUT2D eigenvalue weighted by molar-refractivity contribution is -0.114. The van der Waals surface area contributed by atoms with Crippen molar-refractivity contribution in [3.8, 4) is 0 Å². The summed E-state index contributed by atoms with van der Waals surface area (Å²) in [5, 5.41) is 11.8. The number of amides is 1. The molecular formula is C13H18N2O4S. The Bertz CT molecular complexity index is 636. The molecule has 6 nitrogen and oxygen atoms in total. The molecule has 20 heavy (non-hydrogen) atoms. The van der Waals surface area contributed by atoms with Crippen LogP contribution >= 0.6 is 0 Å². The van der Waals surface area contributed by atoms with Crippen LogP contribution in [-0.4, -0.2) is 31.6 Å². The molecule has 2 rings (SSSR count). The average molecular weight is 298 g/mol. The zero-order chi connectivity index (χ0) is 15.0. The lowest BCUT2D eigenvalue weighted by Crippen LogP contribution is -2.39. The minimum Gasteiger partial charge on any atom is -0.394 e. The second-order valence-electron chi connectivity index (χ2n) is 5.21. The highest BCUT2D eigenvalue weighted by atomic mass is 32.2. The van der Waals surface area contributed by atoms with Crippen molar-refractivity contribution in [3.05, 3.63) is 23.8 Å². The first-order chi connectivity index (χ1) is 9.28. The van der Waals surface area contributed by atoms with Gasteiger partial charge in [0.1, 0.15) is 0 Å². The highest BCUT2D eigenvalue weighted by Crippen LogP contribution is 2.36. The van der Waals surface area contributed by atoms with E-state index < -0.39 is 15.6 Å². The van der Waals surface area contributed by atoms with Crippen LogP contribution in [0.3, 0.4) is 0 Å². The molecule has 1 aliphatic carbocycles. The summed E-state index contributed by atoms with van der Waals surface area (Å²) in [6.45, 7) is 2.83. The Kier molecular flexibility index (Phi) is 3.86. The largest absolute Gasteiger partial charge is 0.394 e. The minimum absolute atomic E-state index is 0.114. The first-order valence-electron chi connectivity index (χ1n) is 6.31. The quantitative estimate of drug-likeness (QED) is 0.747. The van der Waals surface area contributed by atoms with Gasteiger partial charge in [-0.05, 0) is 37.5 Å². The van der Waals surface area contributed by atoms with Gasteiger partial charge in [-0.25, -0.2) is 13.1 Å². The van der Waals surface area contributed by atoms with E-state index in [0.717, 1.165) is 0 Å². The molecular weight excluding hydrogens is 280 g/mol. The molecule has 1 fully saturated rings. The van der Waals surface area contributed by atoms with Crippen LogP contribution in [0.4, 0.5) is 5.69 Å². The number of carbonyl (C=O) groups is 1. The van der Waals surface area contributed by atoms with Gasteiger partial charge in [0.15, 0.2) is 0 Å². The Morgan fingerprint density at radius 3 is 2.55 bits per heavy atom. The molecule has 0 atom stereocenters. The van der Waals surface area contributed by atoms with Gasteiger partial charge in [-0.2, -0.15) is 0 Å². The minimum atomic E-state index is -3.72. The van der Waals surface area contributed by atoms with E-state index in [-0.39, 0.29) is 17.4 Å². The van der Waals surface area contributed by atoms with Crippen molar-refractivity contribution in [2.45, 2.75) is 37.1 Å². The molecule has 1 amide bonds. The van der Waals surface area contributed by atoms with Gasteiger partial charge in [0.2, 0.25) is 15.9 Å². The third-order valence-electron chi connectivity index (χ3n) is 3.31. The lowest BCUT2D eigenvalue weighted by Gasteiger charge is -2.16. The molecule has 3 N–H and O–H groups in total. The van der Waals surface area contributed by atoms with E-state index in [1.54, 1.807) is 19.1 Å². The summed E-state index contributed by atoms with van der Waals surface area (Å²) in [5.74, 6) is -0.265. The number of sulfonamides is 1. The van der Waals surface area contributed by atoms with Crippen molar-refractivity contribution in [1.82, 2.24) is 4.72 Å². The average Bonchev–Trinajstić information content (AvgIpc) is 3.10. The number of carbonyl (C=O) groups excluding carboxylic acids is 1. The highest BCUT2D eigenvalue weighted by molar-refractivity contribution is 7.89. The Labute approximate surface area is 118 Å². The van der Waals surface area contributed by atoms with Crippen LogP contribution in [-0.2, 0) is 14.8 Å². The molecule has 0 aliphatic heterocycles. The summed E-state index contributed by atoms with van der Waals surface area (Å²) < 4.78 is 27.3. The molecule has 0 bridgehead atoms. The topological polar surface area (TPSA) is 95.5 Å². The number of hydrogen-bond donors (Lipinski definition) is 3. The standard InChI is InChI=1S/C13H18N2O4S/c1-9-3-4-11(14-10(2)17)7-12(9)20(18,19)15-13(8-16)5-6-13/h3-4,7,15-16H,5-6,8H2,1-2H3,(H,14,17). The predicted molar refractivity (Wildman–Crippen MR) is 74.9 cm³/mol. The molecule has 1 saturated carbocycles. The summed E-state index contributed by atoms with van der Waals surface area (Å²) in [7, 11) is -3.72. The van der Waals surface area contributed by atoms with Crippen LogP contribution in [0.2, 0.25) is 0 Å². The van der Waals surface area contributed by atoms with Crippen molar-refractivity contribution >= 4 is 21.6 Å². The Balaban J connectivity index is 2.33. The third kappa shape index (κ3) is 3.17. The van der Waals surface area contributed by atoms with E-state index in [9.17, 15) is 18.3 Å².